The second-order valence-electron chi connectivity index (χ2n) is 16.1. The number of para-hydroxylation sites is 3. The number of hydrogen-bond donors (Lipinski definition) is 0. The van der Waals surface area contributed by atoms with Gasteiger partial charge in [0.2, 0.25) is 0 Å². The van der Waals surface area contributed by atoms with Crippen molar-refractivity contribution in [3.8, 4) is 44.8 Å². The predicted molar refractivity (Wildman–Crippen MR) is 256 cm³/mol. The summed E-state index contributed by atoms with van der Waals surface area (Å²) >= 11 is 0. The van der Waals surface area contributed by atoms with E-state index in [0.717, 1.165) is 38.8 Å². The summed E-state index contributed by atoms with van der Waals surface area (Å²) in [5.41, 5.74) is 16.1. The molecule has 0 fully saturated rings. The molecule has 0 unspecified atom stereocenters. The van der Waals surface area contributed by atoms with Crippen molar-refractivity contribution >= 4 is 76.3 Å². The summed E-state index contributed by atoms with van der Waals surface area (Å²) in [5, 5.41) is 9.81. The number of benzene rings is 10. The predicted octanol–water partition coefficient (Wildman–Crippen LogP) is 15.9. The summed E-state index contributed by atoms with van der Waals surface area (Å²) in [6, 6.07) is 79.3. The zero-order valence-electron chi connectivity index (χ0n) is 33.1. The third-order valence-electron chi connectivity index (χ3n) is 12.7. The Morgan fingerprint density at radius 3 is 1.51 bits per heavy atom. The first-order valence-electron chi connectivity index (χ1n) is 20.9. The molecule has 3 aromatic heterocycles. The largest absolute Gasteiger partial charge is 0.456 e. The lowest BCUT2D eigenvalue weighted by molar-refractivity contribution is 0.669. The molecule has 0 aliphatic carbocycles. The number of fused-ring (bicyclic) bond motifs is 11. The van der Waals surface area contributed by atoms with Gasteiger partial charge in [-0.3, -0.25) is 0 Å². The topological polar surface area (TPSA) is 23.0 Å². The highest BCUT2D eigenvalue weighted by molar-refractivity contribution is 6.19. The number of furan rings is 1. The van der Waals surface area contributed by atoms with Crippen molar-refractivity contribution in [3.63, 3.8) is 0 Å². The van der Waals surface area contributed by atoms with Crippen LogP contribution in [0.2, 0.25) is 0 Å². The van der Waals surface area contributed by atoms with Crippen molar-refractivity contribution in [3.05, 3.63) is 218 Å². The van der Waals surface area contributed by atoms with E-state index in [1.807, 2.05) is 12.1 Å². The molecule has 0 spiro atoms. The van der Waals surface area contributed by atoms with Gasteiger partial charge in [-0.15, -0.1) is 0 Å². The highest BCUT2D eigenvalue weighted by Crippen LogP contribution is 2.40. The van der Waals surface area contributed by atoms with Gasteiger partial charge < -0.3 is 13.6 Å². The third kappa shape index (κ3) is 5.24. The lowest BCUT2D eigenvalue weighted by Gasteiger charge is -2.10. The molecular formula is C58H36N2O. The van der Waals surface area contributed by atoms with E-state index in [1.54, 1.807) is 0 Å². The quantitative estimate of drug-likeness (QED) is 0.171. The Bertz CT molecular complexity index is 3850. The SMILES string of the molecule is c1ccc(-n2c3ccc(-c4ccc(-c5ccc6c(c5)c5ccccc5n6-c5ccc(-c6ccc7c(c6)oc6ccccc67)cc5)cc4)cc3c3ccc4ccccc4c32)cc1. The molecule has 0 atom stereocenters. The van der Waals surface area contributed by atoms with Gasteiger partial charge in [-0.25, -0.2) is 0 Å². The fourth-order valence-electron chi connectivity index (χ4n) is 9.80. The lowest BCUT2D eigenvalue weighted by atomic mass is 9.98. The highest BCUT2D eigenvalue weighted by atomic mass is 16.3. The summed E-state index contributed by atoms with van der Waals surface area (Å²) < 4.78 is 11.0. The van der Waals surface area contributed by atoms with E-state index >= 15 is 0 Å². The maximum atomic E-state index is 6.21. The van der Waals surface area contributed by atoms with Crippen molar-refractivity contribution in [1.82, 2.24) is 9.13 Å². The van der Waals surface area contributed by atoms with E-state index in [4.69, 9.17) is 4.42 Å². The van der Waals surface area contributed by atoms with Gasteiger partial charge in [0.25, 0.3) is 0 Å². The molecule has 0 N–H and O–H groups in total. The Morgan fingerprint density at radius 1 is 0.262 bits per heavy atom. The van der Waals surface area contributed by atoms with Crippen molar-refractivity contribution in [2.75, 3.05) is 0 Å². The van der Waals surface area contributed by atoms with Crippen LogP contribution in [-0.4, -0.2) is 9.13 Å². The molecule has 13 rings (SSSR count). The molecular weight excluding hydrogens is 741 g/mol. The molecule has 0 amide bonds. The lowest BCUT2D eigenvalue weighted by Crippen LogP contribution is -1.94. The molecule has 13 aromatic rings. The van der Waals surface area contributed by atoms with E-state index in [9.17, 15) is 0 Å². The summed E-state index contributed by atoms with van der Waals surface area (Å²) in [5.74, 6) is 0. The van der Waals surface area contributed by atoms with Crippen LogP contribution in [0.3, 0.4) is 0 Å². The Balaban J connectivity index is 0.854. The molecule has 10 aromatic carbocycles. The van der Waals surface area contributed by atoms with Crippen LogP contribution in [0.4, 0.5) is 0 Å². The second-order valence-corrected chi connectivity index (χ2v) is 16.1. The van der Waals surface area contributed by atoms with Crippen LogP contribution < -0.4 is 0 Å². The van der Waals surface area contributed by atoms with Gasteiger partial charge in [0.15, 0.2) is 0 Å². The van der Waals surface area contributed by atoms with Crippen molar-refractivity contribution in [1.29, 1.82) is 0 Å². The molecule has 0 radical (unpaired) electrons. The highest BCUT2D eigenvalue weighted by Gasteiger charge is 2.17. The third-order valence-corrected chi connectivity index (χ3v) is 12.7. The number of rotatable bonds is 5. The summed E-state index contributed by atoms with van der Waals surface area (Å²) in [6.07, 6.45) is 0. The maximum Gasteiger partial charge on any atom is 0.136 e. The average Bonchev–Trinajstić information content (AvgIpc) is 3.99. The molecule has 0 saturated heterocycles. The van der Waals surface area contributed by atoms with Gasteiger partial charge in [-0.05, 0) is 112 Å². The second kappa shape index (κ2) is 13.2. The number of nitrogens with zero attached hydrogens (tertiary/aromatic N) is 2. The van der Waals surface area contributed by atoms with Gasteiger partial charge in [-0.2, -0.15) is 0 Å². The van der Waals surface area contributed by atoms with Crippen LogP contribution in [0.25, 0.3) is 121 Å². The van der Waals surface area contributed by atoms with E-state index < -0.39 is 0 Å². The van der Waals surface area contributed by atoms with Gasteiger partial charge in [0.05, 0.1) is 22.1 Å². The molecule has 284 valence electrons. The zero-order valence-corrected chi connectivity index (χ0v) is 33.1. The van der Waals surface area contributed by atoms with Crippen molar-refractivity contribution in [2.45, 2.75) is 0 Å². The van der Waals surface area contributed by atoms with Gasteiger partial charge in [0, 0.05) is 49.1 Å². The van der Waals surface area contributed by atoms with Crippen LogP contribution in [0.1, 0.15) is 0 Å². The van der Waals surface area contributed by atoms with Crippen LogP contribution in [-0.2, 0) is 0 Å². The van der Waals surface area contributed by atoms with E-state index in [0.29, 0.717) is 0 Å². The average molecular weight is 777 g/mol. The summed E-state index contributed by atoms with van der Waals surface area (Å²) in [6.45, 7) is 0. The van der Waals surface area contributed by atoms with Gasteiger partial charge in [0.1, 0.15) is 11.2 Å². The minimum absolute atomic E-state index is 0.912. The summed E-state index contributed by atoms with van der Waals surface area (Å²) in [4.78, 5) is 0. The Labute approximate surface area is 351 Å². The van der Waals surface area contributed by atoms with Crippen LogP contribution >= 0.6 is 0 Å². The Hall–Kier alpha value is -8.14. The molecule has 0 aliphatic heterocycles. The minimum atomic E-state index is 0.912. The van der Waals surface area contributed by atoms with E-state index in [1.165, 1.54) is 82.3 Å². The first kappa shape index (κ1) is 33.8. The van der Waals surface area contributed by atoms with Crippen molar-refractivity contribution < 1.29 is 4.42 Å². The first-order valence-corrected chi connectivity index (χ1v) is 20.9. The normalized spacial score (nSPS) is 11.9. The standard InChI is InChI=1S/C58H36N2O/c1-2-11-44(12-3-1)60-55-33-27-42(35-52(55)50-31-24-40-10-4-5-13-46(40)58(50)60)38-20-18-37(19-21-38)41-26-32-54-51(34-41)47-14-6-8-16-53(47)59(54)45-28-22-39(23-29-45)43-25-30-49-48-15-7-9-17-56(48)61-57(49)36-43/h1-36H. The smallest absolute Gasteiger partial charge is 0.136 e. The maximum absolute atomic E-state index is 6.21. The fourth-order valence-corrected chi connectivity index (χ4v) is 9.80. The monoisotopic (exact) mass is 776 g/mol. The number of aromatic nitrogens is 2. The fraction of sp³-hybridized carbons (Fsp3) is 0. The van der Waals surface area contributed by atoms with Crippen molar-refractivity contribution in [2.24, 2.45) is 0 Å². The summed E-state index contributed by atoms with van der Waals surface area (Å²) in [7, 11) is 0. The molecule has 3 nitrogen and oxygen atoms in total. The zero-order chi connectivity index (χ0) is 40.0. The molecule has 0 saturated carbocycles. The molecule has 3 heteroatoms. The Kier molecular flexibility index (Phi) is 7.31. The van der Waals surface area contributed by atoms with Gasteiger partial charge in [-0.1, -0.05) is 146 Å². The van der Waals surface area contributed by atoms with E-state index in [-0.39, 0.29) is 0 Å². The van der Waals surface area contributed by atoms with Crippen LogP contribution in [0.5, 0.6) is 0 Å². The first-order chi connectivity index (χ1) is 30.2. The number of hydrogen-bond acceptors (Lipinski definition) is 1. The molecule has 61 heavy (non-hydrogen) atoms. The molecule has 3 heterocycles. The Morgan fingerprint density at radius 2 is 0.754 bits per heavy atom. The minimum Gasteiger partial charge on any atom is -0.456 e. The molecule has 0 bridgehead atoms. The molecule has 0 aliphatic rings. The van der Waals surface area contributed by atoms with Crippen LogP contribution in [0, 0.1) is 0 Å². The van der Waals surface area contributed by atoms with E-state index in [2.05, 4.69) is 215 Å². The van der Waals surface area contributed by atoms with Gasteiger partial charge >= 0.3 is 0 Å². The van der Waals surface area contributed by atoms with Crippen LogP contribution in [0.15, 0.2) is 223 Å².